The van der Waals surface area contributed by atoms with Crippen LogP contribution in [0.15, 0.2) is 35.5 Å². The van der Waals surface area contributed by atoms with Gasteiger partial charge >= 0.3 is 0 Å². The number of nitrogens with zero attached hydrogens (tertiary/aromatic N) is 3. The molecule has 0 aliphatic rings. The van der Waals surface area contributed by atoms with Crippen LogP contribution in [0.3, 0.4) is 0 Å². The summed E-state index contributed by atoms with van der Waals surface area (Å²) >= 11 is 11.9. The molecule has 0 fully saturated rings. The fourth-order valence-electron chi connectivity index (χ4n) is 2.14. The van der Waals surface area contributed by atoms with Crippen LogP contribution in [0, 0.1) is 0 Å². The van der Waals surface area contributed by atoms with Crippen molar-refractivity contribution in [3.8, 4) is 0 Å². The highest BCUT2D eigenvalue weighted by Crippen LogP contribution is 2.23. The molecular formula is C16H21Cl2N5O. The Balaban J connectivity index is 1.98. The van der Waals surface area contributed by atoms with Gasteiger partial charge in [0.15, 0.2) is 5.96 Å². The fourth-order valence-corrected chi connectivity index (χ4v) is 2.68. The van der Waals surface area contributed by atoms with Gasteiger partial charge in [0.1, 0.15) is 0 Å². The number of aromatic nitrogens is 2. The van der Waals surface area contributed by atoms with E-state index in [1.165, 1.54) is 0 Å². The number of aliphatic hydroxyl groups is 1. The first-order valence-electron chi connectivity index (χ1n) is 7.62. The Morgan fingerprint density at radius 1 is 1.29 bits per heavy atom. The first-order valence-corrected chi connectivity index (χ1v) is 8.38. The SMILES string of the molecule is CCNC(=NCc1ccnn1C)NCC(O)c1cc(Cl)cc(Cl)c1. The molecule has 0 saturated carbocycles. The smallest absolute Gasteiger partial charge is 0.191 e. The Morgan fingerprint density at radius 2 is 2.00 bits per heavy atom. The van der Waals surface area contributed by atoms with Crippen LogP contribution < -0.4 is 10.6 Å². The molecule has 3 N–H and O–H groups in total. The third-order valence-electron chi connectivity index (χ3n) is 3.40. The van der Waals surface area contributed by atoms with Crippen LogP contribution in [-0.2, 0) is 13.6 Å². The van der Waals surface area contributed by atoms with E-state index in [2.05, 4.69) is 20.7 Å². The monoisotopic (exact) mass is 369 g/mol. The lowest BCUT2D eigenvalue weighted by Gasteiger charge is -2.16. The maximum atomic E-state index is 10.3. The van der Waals surface area contributed by atoms with E-state index in [4.69, 9.17) is 23.2 Å². The molecule has 1 aromatic heterocycles. The summed E-state index contributed by atoms with van der Waals surface area (Å²) in [5.74, 6) is 0.617. The predicted octanol–water partition coefficient (Wildman–Crippen LogP) is 2.52. The Morgan fingerprint density at radius 3 is 2.58 bits per heavy atom. The molecule has 1 atom stereocenters. The van der Waals surface area contributed by atoms with Crippen molar-refractivity contribution in [1.82, 2.24) is 20.4 Å². The summed E-state index contributed by atoms with van der Waals surface area (Å²) in [6.45, 7) is 3.48. The minimum absolute atomic E-state index is 0.286. The van der Waals surface area contributed by atoms with Crippen LogP contribution in [0.25, 0.3) is 0 Å². The average molecular weight is 370 g/mol. The van der Waals surface area contributed by atoms with Gasteiger partial charge in [-0.1, -0.05) is 23.2 Å². The van der Waals surface area contributed by atoms with E-state index < -0.39 is 6.10 Å². The van der Waals surface area contributed by atoms with Crippen LogP contribution in [0.5, 0.6) is 0 Å². The van der Waals surface area contributed by atoms with Crippen molar-refractivity contribution in [2.45, 2.75) is 19.6 Å². The van der Waals surface area contributed by atoms with Crippen LogP contribution in [0.1, 0.15) is 24.3 Å². The molecule has 0 aliphatic heterocycles. The van der Waals surface area contributed by atoms with E-state index in [1.807, 2.05) is 20.0 Å². The summed E-state index contributed by atoms with van der Waals surface area (Å²) in [7, 11) is 1.87. The van der Waals surface area contributed by atoms with Gasteiger partial charge in [0, 0.05) is 36.4 Å². The first-order chi connectivity index (χ1) is 11.5. The normalized spacial score (nSPS) is 13.0. The maximum Gasteiger partial charge on any atom is 0.191 e. The molecule has 2 rings (SSSR count). The van der Waals surface area contributed by atoms with Crippen molar-refractivity contribution in [3.63, 3.8) is 0 Å². The third-order valence-corrected chi connectivity index (χ3v) is 3.83. The van der Waals surface area contributed by atoms with Crippen molar-refractivity contribution in [3.05, 3.63) is 51.8 Å². The zero-order chi connectivity index (χ0) is 17.5. The van der Waals surface area contributed by atoms with Crippen molar-refractivity contribution >= 4 is 29.2 Å². The number of nitrogens with one attached hydrogen (secondary N) is 2. The molecule has 0 spiro atoms. The zero-order valence-electron chi connectivity index (χ0n) is 13.6. The largest absolute Gasteiger partial charge is 0.387 e. The Bertz CT molecular complexity index is 681. The summed E-state index contributed by atoms with van der Waals surface area (Å²) in [5, 5.41) is 21.7. The second kappa shape index (κ2) is 8.92. The number of halogens is 2. The van der Waals surface area contributed by atoms with Gasteiger partial charge in [0.05, 0.1) is 18.3 Å². The summed E-state index contributed by atoms with van der Waals surface area (Å²) in [6.07, 6.45) is 0.986. The van der Waals surface area contributed by atoms with Crippen LogP contribution >= 0.6 is 23.2 Å². The molecule has 1 heterocycles. The molecule has 0 saturated heterocycles. The molecule has 8 heteroatoms. The van der Waals surface area contributed by atoms with Crippen molar-refractivity contribution < 1.29 is 5.11 Å². The van der Waals surface area contributed by atoms with Crippen LogP contribution in [-0.4, -0.2) is 33.9 Å². The van der Waals surface area contributed by atoms with Crippen molar-refractivity contribution in [2.24, 2.45) is 12.0 Å². The standard InChI is InChI=1S/C16H21Cl2N5O/c1-3-19-16(20-9-14-4-5-22-23(14)2)21-10-15(24)11-6-12(17)8-13(18)7-11/h4-8,15,24H,3,9-10H2,1-2H3,(H2,19,20,21). The molecule has 0 amide bonds. The van der Waals surface area contributed by atoms with Gasteiger partial charge in [0.25, 0.3) is 0 Å². The van der Waals surface area contributed by atoms with Crippen LogP contribution in [0.4, 0.5) is 0 Å². The summed E-state index contributed by atoms with van der Waals surface area (Å²) in [6, 6.07) is 6.93. The van der Waals surface area contributed by atoms with E-state index >= 15 is 0 Å². The van der Waals surface area contributed by atoms with Gasteiger partial charge in [-0.15, -0.1) is 0 Å². The van der Waals surface area contributed by atoms with Crippen LogP contribution in [0.2, 0.25) is 10.0 Å². The van der Waals surface area contributed by atoms with E-state index in [1.54, 1.807) is 29.1 Å². The minimum atomic E-state index is -0.748. The second-order valence-corrected chi connectivity index (χ2v) is 6.11. The number of hydrogen-bond acceptors (Lipinski definition) is 3. The third kappa shape index (κ3) is 5.40. The second-order valence-electron chi connectivity index (χ2n) is 5.24. The average Bonchev–Trinajstić information content (AvgIpc) is 2.94. The fraction of sp³-hybridized carbons (Fsp3) is 0.375. The first kappa shape index (κ1) is 18.6. The quantitative estimate of drug-likeness (QED) is 0.540. The highest BCUT2D eigenvalue weighted by Gasteiger charge is 2.10. The van der Waals surface area contributed by atoms with Gasteiger partial charge in [-0.2, -0.15) is 5.10 Å². The molecule has 1 unspecified atom stereocenters. The topological polar surface area (TPSA) is 74.5 Å². The summed E-state index contributed by atoms with van der Waals surface area (Å²) in [4.78, 5) is 4.49. The van der Waals surface area contributed by atoms with Crippen molar-refractivity contribution in [2.75, 3.05) is 13.1 Å². The highest BCUT2D eigenvalue weighted by molar-refractivity contribution is 6.34. The van der Waals surface area contributed by atoms with Gasteiger partial charge in [-0.25, -0.2) is 4.99 Å². The Hall–Kier alpha value is -1.76. The van der Waals surface area contributed by atoms with Gasteiger partial charge in [-0.3, -0.25) is 4.68 Å². The van der Waals surface area contributed by atoms with E-state index in [9.17, 15) is 5.11 Å². The molecule has 6 nitrogen and oxygen atoms in total. The molecule has 2 aromatic rings. The minimum Gasteiger partial charge on any atom is -0.387 e. The lowest BCUT2D eigenvalue weighted by Crippen LogP contribution is -2.39. The predicted molar refractivity (Wildman–Crippen MR) is 97.4 cm³/mol. The number of rotatable bonds is 6. The number of aliphatic hydroxyl groups excluding tert-OH is 1. The zero-order valence-corrected chi connectivity index (χ0v) is 15.1. The molecular weight excluding hydrogens is 349 g/mol. The van der Waals surface area contributed by atoms with E-state index in [0.717, 1.165) is 12.2 Å². The Labute approximate surface area is 151 Å². The molecule has 130 valence electrons. The summed E-state index contributed by atoms with van der Waals surface area (Å²) < 4.78 is 1.77. The number of guanidine groups is 1. The molecule has 1 aromatic carbocycles. The Kier molecular flexibility index (Phi) is 6.90. The molecule has 0 aliphatic carbocycles. The van der Waals surface area contributed by atoms with Gasteiger partial charge < -0.3 is 15.7 Å². The van der Waals surface area contributed by atoms with Gasteiger partial charge in [0.2, 0.25) is 0 Å². The lowest BCUT2D eigenvalue weighted by atomic mass is 10.1. The number of aliphatic imine (C=N–C) groups is 1. The van der Waals surface area contributed by atoms with E-state index in [0.29, 0.717) is 28.1 Å². The molecule has 24 heavy (non-hydrogen) atoms. The van der Waals surface area contributed by atoms with E-state index in [-0.39, 0.29) is 6.54 Å². The molecule has 0 bridgehead atoms. The molecule has 0 radical (unpaired) electrons. The highest BCUT2D eigenvalue weighted by atomic mass is 35.5. The number of benzene rings is 1. The number of hydrogen-bond donors (Lipinski definition) is 3. The van der Waals surface area contributed by atoms with Crippen molar-refractivity contribution in [1.29, 1.82) is 0 Å². The number of aryl methyl sites for hydroxylation is 1. The summed E-state index contributed by atoms with van der Waals surface area (Å²) in [5.41, 5.74) is 1.65. The lowest BCUT2D eigenvalue weighted by molar-refractivity contribution is 0.181. The van der Waals surface area contributed by atoms with Gasteiger partial charge in [-0.05, 0) is 36.8 Å². The maximum absolute atomic E-state index is 10.3.